The van der Waals surface area contributed by atoms with Crippen LogP contribution in [0.15, 0.2) is 0 Å². The van der Waals surface area contributed by atoms with Gasteiger partial charge in [-0.25, -0.2) is 0 Å². The molecule has 1 atom stereocenters. The van der Waals surface area contributed by atoms with Crippen molar-refractivity contribution in [3.05, 3.63) is 0 Å². The van der Waals surface area contributed by atoms with Gasteiger partial charge in [-0.2, -0.15) is 26.3 Å². The highest BCUT2D eigenvalue weighted by molar-refractivity contribution is 6.61. The predicted octanol–water partition coefficient (Wildman–Crippen LogP) is 4.12. The summed E-state index contributed by atoms with van der Waals surface area (Å²) in [6.07, 6.45) is -11.7. The fraction of sp³-hybridized carbons (Fsp3) is 1.00. The van der Waals surface area contributed by atoms with Crippen molar-refractivity contribution in [2.75, 3.05) is 0 Å². The average molecular weight is 348 g/mol. The van der Waals surface area contributed by atoms with Crippen LogP contribution in [-0.2, 0) is 9.47 Å². The maximum absolute atomic E-state index is 13.2. The largest absolute Gasteiger partial charge is 0.458 e. The zero-order valence-electron chi connectivity index (χ0n) is 7.10. The van der Waals surface area contributed by atoms with E-state index in [2.05, 4.69) is 9.47 Å². The summed E-state index contributed by atoms with van der Waals surface area (Å²) in [6, 6.07) is 0. The van der Waals surface area contributed by atoms with Gasteiger partial charge in [-0.1, -0.05) is 46.4 Å². The summed E-state index contributed by atoms with van der Waals surface area (Å²) >= 11 is 19.9. The van der Waals surface area contributed by atoms with Crippen LogP contribution in [0.5, 0.6) is 0 Å². The second kappa shape index (κ2) is 3.83. The van der Waals surface area contributed by atoms with Crippen molar-refractivity contribution in [3.63, 3.8) is 0 Å². The molecule has 1 aliphatic heterocycles. The Kier molecular flexibility index (Phi) is 3.54. The molecule has 0 aromatic rings. The molecule has 1 aliphatic rings. The summed E-state index contributed by atoms with van der Waals surface area (Å²) in [6.45, 7) is 0. The molecule has 0 radical (unpaired) electrons. The molecule has 2 nitrogen and oxygen atoms in total. The van der Waals surface area contributed by atoms with Crippen molar-refractivity contribution in [2.24, 2.45) is 0 Å². The van der Waals surface area contributed by atoms with E-state index in [9.17, 15) is 26.3 Å². The minimum absolute atomic E-state index is 3.23. The third-order valence-electron chi connectivity index (χ3n) is 1.60. The molecule has 12 heteroatoms. The fourth-order valence-electron chi connectivity index (χ4n) is 0.804. The van der Waals surface area contributed by atoms with E-state index < -0.39 is 27.2 Å². The van der Waals surface area contributed by atoms with Crippen LogP contribution in [0.4, 0.5) is 26.3 Å². The second-order valence-electron chi connectivity index (χ2n) is 2.85. The molecule has 1 heterocycles. The normalized spacial score (nSPS) is 35.6. The first kappa shape index (κ1) is 15.7. The molecular weight excluding hydrogens is 348 g/mol. The first-order chi connectivity index (χ1) is 7.16. The number of hydrogen-bond donors (Lipinski definition) is 0. The molecule has 0 aliphatic carbocycles. The Morgan fingerprint density at radius 3 is 1.47 bits per heavy atom. The summed E-state index contributed by atoms with van der Waals surface area (Å²) in [5, 5.41) is 0. The van der Waals surface area contributed by atoms with Crippen LogP contribution in [0.1, 0.15) is 0 Å². The average Bonchev–Trinajstić information content (AvgIpc) is 1.95. The smallest absolute Gasteiger partial charge is 0.290 e. The van der Waals surface area contributed by atoms with Crippen LogP contribution in [-0.4, -0.2) is 27.2 Å². The zero-order valence-corrected chi connectivity index (χ0v) is 10.1. The fourth-order valence-corrected chi connectivity index (χ4v) is 1.37. The molecular formula is C5Cl4F6O2. The second-order valence-corrected chi connectivity index (χ2v) is 5.36. The Labute approximate surface area is 110 Å². The van der Waals surface area contributed by atoms with Gasteiger partial charge in [-0.05, 0) is 0 Å². The Morgan fingerprint density at radius 1 is 0.765 bits per heavy atom. The molecule has 0 aromatic heterocycles. The van der Waals surface area contributed by atoms with E-state index in [0.717, 1.165) is 0 Å². The van der Waals surface area contributed by atoms with Gasteiger partial charge in [0, 0.05) is 0 Å². The van der Waals surface area contributed by atoms with Gasteiger partial charge in [0.15, 0.2) is 0 Å². The lowest BCUT2D eigenvalue weighted by Gasteiger charge is -2.47. The maximum Gasteiger partial charge on any atom is 0.458 e. The van der Waals surface area contributed by atoms with E-state index in [1.54, 1.807) is 0 Å². The van der Waals surface area contributed by atoms with Gasteiger partial charge >= 0.3 is 18.1 Å². The Balaban J connectivity index is 3.28. The van der Waals surface area contributed by atoms with Crippen molar-refractivity contribution in [1.29, 1.82) is 0 Å². The number of hydrogen-bond acceptors (Lipinski definition) is 2. The predicted molar refractivity (Wildman–Crippen MR) is 45.9 cm³/mol. The molecule has 1 rings (SSSR count). The lowest BCUT2D eigenvalue weighted by molar-refractivity contribution is -0.501. The Bertz CT molecular complexity index is 331. The molecule has 0 spiro atoms. The summed E-state index contributed by atoms with van der Waals surface area (Å²) in [7, 11) is 0. The van der Waals surface area contributed by atoms with Gasteiger partial charge in [0.2, 0.25) is 0 Å². The molecule has 0 saturated carbocycles. The van der Waals surface area contributed by atoms with Crippen LogP contribution in [0, 0.1) is 0 Å². The number of ether oxygens (including phenoxy) is 2. The molecule has 1 fully saturated rings. The topological polar surface area (TPSA) is 18.5 Å². The van der Waals surface area contributed by atoms with Gasteiger partial charge in [-0.15, -0.1) is 0 Å². The van der Waals surface area contributed by atoms with E-state index in [1.807, 2.05) is 0 Å². The standard InChI is InChI=1S/C5Cl4F6O2/c6-2(7)3(8,9)17-5(14,15)1(10,16-2)4(11,12)13. The molecule has 0 bridgehead atoms. The van der Waals surface area contributed by atoms with Crippen molar-refractivity contribution in [2.45, 2.75) is 27.2 Å². The minimum Gasteiger partial charge on any atom is -0.290 e. The third kappa shape index (κ3) is 2.28. The van der Waals surface area contributed by atoms with E-state index in [-0.39, 0.29) is 0 Å². The van der Waals surface area contributed by atoms with Gasteiger partial charge in [0.1, 0.15) is 0 Å². The lowest BCUT2D eigenvalue weighted by atomic mass is 10.2. The van der Waals surface area contributed by atoms with Gasteiger partial charge in [-0.3, -0.25) is 9.47 Å². The molecule has 102 valence electrons. The van der Waals surface area contributed by atoms with Crippen molar-refractivity contribution >= 4 is 46.4 Å². The van der Waals surface area contributed by atoms with E-state index in [0.29, 0.717) is 0 Å². The summed E-state index contributed by atoms with van der Waals surface area (Å²) < 4.78 is 75.1. The van der Waals surface area contributed by atoms with E-state index >= 15 is 0 Å². The maximum atomic E-state index is 13.2. The molecule has 17 heavy (non-hydrogen) atoms. The summed E-state index contributed by atoms with van der Waals surface area (Å²) in [4.78, 5) is 0. The van der Waals surface area contributed by atoms with Crippen molar-refractivity contribution in [1.82, 2.24) is 0 Å². The number of halogens is 10. The van der Waals surface area contributed by atoms with Crippen LogP contribution < -0.4 is 0 Å². The van der Waals surface area contributed by atoms with Gasteiger partial charge in [0.05, 0.1) is 0 Å². The first-order valence-electron chi connectivity index (χ1n) is 3.46. The summed E-state index contributed by atoms with van der Waals surface area (Å²) in [5.74, 6) is -5.59. The SMILES string of the molecule is FC(F)(F)C1(F)OC(Cl)(Cl)C(Cl)(Cl)OC1(F)F. The van der Waals surface area contributed by atoms with Crippen LogP contribution in [0.25, 0.3) is 0 Å². The monoisotopic (exact) mass is 346 g/mol. The van der Waals surface area contributed by atoms with E-state index in [4.69, 9.17) is 46.4 Å². The molecule has 1 unspecified atom stereocenters. The zero-order chi connectivity index (χ0) is 13.9. The highest BCUT2D eigenvalue weighted by atomic mass is 35.5. The van der Waals surface area contributed by atoms with Gasteiger partial charge < -0.3 is 0 Å². The molecule has 1 saturated heterocycles. The Hall–Kier alpha value is 0.660. The number of alkyl halides is 10. The highest BCUT2D eigenvalue weighted by Crippen LogP contribution is 2.61. The molecule has 0 N–H and O–H groups in total. The Morgan fingerprint density at radius 2 is 1.12 bits per heavy atom. The first-order valence-corrected chi connectivity index (χ1v) is 4.97. The quantitative estimate of drug-likeness (QED) is 0.485. The van der Waals surface area contributed by atoms with E-state index in [1.165, 1.54) is 0 Å². The molecule has 0 aromatic carbocycles. The van der Waals surface area contributed by atoms with Crippen LogP contribution in [0.3, 0.4) is 0 Å². The van der Waals surface area contributed by atoms with Crippen molar-refractivity contribution in [3.8, 4) is 0 Å². The van der Waals surface area contributed by atoms with Gasteiger partial charge in [0.25, 0.3) is 9.04 Å². The highest BCUT2D eigenvalue weighted by Gasteiger charge is 2.83. The minimum atomic E-state index is -6.18. The number of rotatable bonds is 0. The van der Waals surface area contributed by atoms with Crippen LogP contribution >= 0.6 is 46.4 Å². The third-order valence-corrected chi connectivity index (χ3v) is 3.36. The lowest BCUT2D eigenvalue weighted by Crippen LogP contribution is -2.69. The molecule has 0 amide bonds. The summed E-state index contributed by atoms with van der Waals surface area (Å²) in [5.41, 5.74) is 0. The van der Waals surface area contributed by atoms with Crippen molar-refractivity contribution < 1.29 is 35.8 Å². The van der Waals surface area contributed by atoms with Crippen LogP contribution in [0.2, 0.25) is 0 Å².